The monoisotopic (exact) mass is 591 g/mol. The lowest BCUT2D eigenvalue weighted by Gasteiger charge is -2.12. The summed E-state index contributed by atoms with van der Waals surface area (Å²) in [6, 6.07) is 53.2. The molecule has 4 heteroatoms. The van der Waals surface area contributed by atoms with E-state index in [1.54, 1.807) is 0 Å². The highest BCUT2D eigenvalue weighted by Crippen LogP contribution is 2.45. The van der Waals surface area contributed by atoms with E-state index in [0.29, 0.717) is 17.5 Å². The number of hydrogen-bond acceptors (Lipinski definition) is 4. The Labute approximate surface area is 264 Å². The lowest BCUT2D eigenvalue weighted by molar-refractivity contribution is 1.08. The van der Waals surface area contributed by atoms with Gasteiger partial charge in [-0.15, -0.1) is 11.3 Å². The van der Waals surface area contributed by atoms with Crippen molar-refractivity contribution in [3.05, 3.63) is 152 Å². The van der Waals surface area contributed by atoms with Crippen LogP contribution in [0.25, 0.3) is 87.0 Å². The molecule has 0 fully saturated rings. The number of hydrogen-bond donors (Lipinski definition) is 0. The molecule has 2 aromatic heterocycles. The highest BCUT2D eigenvalue weighted by Gasteiger charge is 2.19. The molecule has 3 nitrogen and oxygen atoms in total. The summed E-state index contributed by atoms with van der Waals surface area (Å²) < 4.78 is 2.44. The molecule has 0 radical (unpaired) electrons. The standard InChI is InChI=1S/C41H25N3S/c1-3-13-26(14-4-1)39-42-40(27-15-5-2-6-16-27)44-41(43-39)35-24-12-22-33-32-21-11-23-34(37(32)45-38(33)35)36-25-28-17-7-8-18-29(28)30-19-9-10-20-31(30)36/h1-25H. The fraction of sp³-hybridized carbons (Fsp3) is 0. The van der Waals surface area contributed by atoms with Crippen molar-refractivity contribution in [2.24, 2.45) is 0 Å². The van der Waals surface area contributed by atoms with Crippen LogP contribution in [-0.2, 0) is 0 Å². The molecule has 0 spiro atoms. The molecule has 2 heterocycles. The molecule has 0 saturated heterocycles. The van der Waals surface area contributed by atoms with Gasteiger partial charge in [0.05, 0.1) is 0 Å². The van der Waals surface area contributed by atoms with Crippen molar-refractivity contribution >= 4 is 53.1 Å². The van der Waals surface area contributed by atoms with E-state index in [0.717, 1.165) is 16.7 Å². The first kappa shape index (κ1) is 25.8. The number of thiophene rings is 1. The van der Waals surface area contributed by atoms with Crippen LogP contribution in [0, 0.1) is 0 Å². The van der Waals surface area contributed by atoms with Crippen LogP contribution in [0.4, 0.5) is 0 Å². The zero-order valence-electron chi connectivity index (χ0n) is 24.2. The van der Waals surface area contributed by atoms with Crippen LogP contribution in [0.3, 0.4) is 0 Å². The SMILES string of the molecule is c1ccc(-c2nc(-c3ccccc3)nc(-c3cccc4c3sc3c(-c5cc6ccccc6c6ccccc56)cccc34)n2)cc1. The molecular weight excluding hydrogens is 567 g/mol. The van der Waals surface area contributed by atoms with Crippen LogP contribution in [0.15, 0.2) is 152 Å². The van der Waals surface area contributed by atoms with Crippen LogP contribution in [0.1, 0.15) is 0 Å². The summed E-state index contributed by atoms with van der Waals surface area (Å²) in [5.74, 6) is 2.01. The number of benzene rings is 7. The van der Waals surface area contributed by atoms with Gasteiger partial charge in [0.1, 0.15) is 0 Å². The maximum Gasteiger partial charge on any atom is 0.165 e. The average molecular weight is 592 g/mol. The van der Waals surface area contributed by atoms with Gasteiger partial charge in [0.2, 0.25) is 0 Å². The zero-order chi connectivity index (χ0) is 29.7. The molecule has 0 bridgehead atoms. The van der Waals surface area contributed by atoms with E-state index in [1.165, 1.54) is 52.8 Å². The Bertz CT molecular complexity index is 2480. The van der Waals surface area contributed by atoms with E-state index in [4.69, 9.17) is 15.0 Å². The Kier molecular flexibility index (Phi) is 6.00. The number of aromatic nitrogens is 3. The Morgan fingerprint density at radius 1 is 0.333 bits per heavy atom. The third-order valence-corrected chi connectivity index (χ3v) is 9.81. The van der Waals surface area contributed by atoms with Gasteiger partial charge >= 0.3 is 0 Å². The van der Waals surface area contributed by atoms with E-state index in [2.05, 4.69) is 91.0 Å². The molecule has 0 aliphatic heterocycles. The third-order valence-electron chi connectivity index (χ3n) is 8.52. The molecular formula is C41H25N3S. The molecule has 0 aliphatic rings. The van der Waals surface area contributed by atoms with Crippen LogP contribution in [0.5, 0.6) is 0 Å². The average Bonchev–Trinajstić information content (AvgIpc) is 3.51. The normalized spacial score (nSPS) is 11.6. The topological polar surface area (TPSA) is 38.7 Å². The summed E-state index contributed by atoms with van der Waals surface area (Å²) in [5, 5.41) is 7.52. The van der Waals surface area contributed by atoms with Crippen molar-refractivity contribution in [3.63, 3.8) is 0 Å². The third kappa shape index (κ3) is 4.30. The van der Waals surface area contributed by atoms with Gasteiger partial charge in [-0.1, -0.05) is 140 Å². The lowest BCUT2D eigenvalue weighted by atomic mass is 9.92. The van der Waals surface area contributed by atoms with Gasteiger partial charge in [-0.05, 0) is 39.2 Å². The van der Waals surface area contributed by atoms with Crippen molar-refractivity contribution in [3.8, 4) is 45.3 Å². The maximum absolute atomic E-state index is 5.06. The number of nitrogens with zero attached hydrogens (tertiary/aromatic N) is 3. The quantitative estimate of drug-likeness (QED) is 0.191. The Balaban J connectivity index is 1.30. The summed E-state index contributed by atoms with van der Waals surface area (Å²) in [5.41, 5.74) is 5.44. The summed E-state index contributed by atoms with van der Waals surface area (Å²) in [6.45, 7) is 0. The van der Waals surface area contributed by atoms with E-state index in [1.807, 2.05) is 72.0 Å². The molecule has 45 heavy (non-hydrogen) atoms. The van der Waals surface area contributed by atoms with Gasteiger partial charge in [-0.2, -0.15) is 0 Å². The van der Waals surface area contributed by atoms with Crippen LogP contribution in [-0.4, -0.2) is 15.0 Å². The van der Waals surface area contributed by atoms with Crippen LogP contribution in [0.2, 0.25) is 0 Å². The minimum atomic E-state index is 0.667. The zero-order valence-corrected chi connectivity index (χ0v) is 25.0. The van der Waals surface area contributed by atoms with Gasteiger partial charge in [0.25, 0.3) is 0 Å². The van der Waals surface area contributed by atoms with Crippen molar-refractivity contribution in [1.82, 2.24) is 15.0 Å². The summed E-state index contributed by atoms with van der Waals surface area (Å²) >= 11 is 1.82. The van der Waals surface area contributed by atoms with Crippen molar-refractivity contribution in [1.29, 1.82) is 0 Å². The molecule has 0 unspecified atom stereocenters. The van der Waals surface area contributed by atoms with E-state index < -0.39 is 0 Å². The minimum Gasteiger partial charge on any atom is -0.208 e. The molecule has 7 aromatic carbocycles. The highest BCUT2D eigenvalue weighted by atomic mass is 32.1. The first-order chi connectivity index (χ1) is 22.3. The Hall–Kier alpha value is -5.71. The predicted octanol–water partition coefficient (Wildman–Crippen LogP) is 11.2. The van der Waals surface area contributed by atoms with Crippen molar-refractivity contribution < 1.29 is 0 Å². The minimum absolute atomic E-state index is 0.667. The molecule has 0 amide bonds. The van der Waals surface area contributed by atoms with Crippen molar-refractivity contribution in [2.45, 2.75) is 0 Å². The molecule has 9 rings (SSSR count). The van der Waals surface area contributed by atoms with E-state index in [-0.39, 0.29) is 0 Å². The molecule has 210 valence electrons. The van der Waals surface area contributed by atoms with E-state index >= 15 is 0 Å². The van der Waals surface area contributed by atoms with Gasteiger partial charge in [0, 0.05) is 42.4 Å². The van der Waals surface area contributed by atoms with Gasteiger partial charge in [0.15, 0.2) is 17.5 Å². The van der Waals surface area contributed by atoms with E-state index in [9.17, 15) is 0 Å². The first-order valence-electron chi connectivity index (χ1n) is 15.0. The molecule has 9 aromatic rings. The second kappa shape index (κ2) is 10.5. The second-order valence-electron chi connectivity index (χ2n) is 11.2. The van der Waals surface area contributed by atoms with Crippen LogP contribution < -0.4 is 0 Å². The lowest BCUT2D eigenvalue weighted by Crippen LogP contribution is -2.00. The summed E-state index contributed by atoms with van der Waals surface area (Å²) in [6.07, 6.45) is 0. The van der Waals surface area contributed by atoms with Gasteiger partial charge < -0.3 is 0 Å². The largest absolute Gasteiger partial charge is 0.208 e. The molecule has 0 atom stereocenters. The molecule has 0 aliphatic carbocycles. The predicted molar refractivity (Wildman–Crippen MR) is 189 cm³/mol. The van der Waals surface area contributed by atoms with Gasteiger partial charge in [-0.25, -0.2) is 15.0 Å². The second-order valence-corrected chi connectivity index (χ2v) is 12.2. The molecule has 0 saturated carbocycles. The molecule has 0 N–H and O–H groups in total. The van der Waals surface area contributed by atoms with Gasteiger partial charge in [-0.3, -0.25) is 0 Å². The smallest absolute Gasteiger partial charge is 0.165 e. The number of fused-ring (bicyclic) bond motifs is 6. The Morgan fingerprint density at radius 2 is 0.822 bits per heavy atom. The maximum atomic E-state index is 5.06. The van der Waals surface area contributed by atoms with Crippen molar-refractivity contribution in [2.75, 3.05) is 0 Å². The summed E-state index contributed by atoms with van der Waals surface area (Å²) in [7, 11) is 0. The Morgan fingerprint density at radius 3 is 1.49 bits per heavy atom. The first-order valence-corrected chi connectivity index (χ1v) is 15.9. The summed E-state index contributed by atoms with van der Waals surface area (Å²) in [4.78, 5) is 15.0. The number of rotatable bonds is 4. The fourth-order valence-electron chi connectivity index (χ4n) is 6.41. The fourth-order valence-corrected chi connectivity index (χ4v) is 7.75. The van der Waals surface area contributed by atoms with Crippen LogP contribution >= 0.6 is 11.3 Å². The highest BCUT2D eigenvalue weighted by molar-refractivity contribution is 7.26.